The van der Waals surface area contributed by atoms with Crippen LogP contribution in [0, 0.1) is 0 Å². The highest BCUT2D eigenvalue weighted by Crippen LogP contribution is 2.19. The van der Waals surface area contributed by atoms with Crippen molar-refractivity contribution >= 4 is 12.0 Å². The molecule has 5 N–H and O–H groups in total. The van der Waals surface area contributed by atoms with E-state index in [4.69, 9.17) is 10.2 Å². The van der Waals surface area contributed by atoms with E-state index in [-0.39, 0.29) is 0 Å². The first-order valence-electron chi connectivity index (χ1n) is 5.57. The lowest BCUT2D eigenvalue weighted by Crippen LogP contribution is -2.33. The number of aromatic nitrogens is 2. The van der Waals surface area contributed by atoms with Crippen molar-refractivity contribution in [2.24, 2.45) is 5.73 Å². The number of carbonyl (C=O) groups excluding carboxylic acids is 1. The average molecular weight is 240 g/mol. The van der Waals surface area contributed by atoms with Crippen molar-refractivity contribution in [1.82, 2.24) is 20.8 Å². The molecule has 2 amide bonds. The van der Waals surface area contributed by atoms with Gasteiger partial charge in [-0.2, -0.15) is 0 Å². The highest BCUT2D eigenvalue weighted by molar-refractivity contribution is 5.71. The van der Waals surface area contributed by atoms with Gasteiger partial charge in [0.2, 0.25) is 5.89 Å². The summed E-state index contributed by atoms with van der Waals surface area (Å²) >= 11 is 0. The molecule has 8 nitrogen and oxygen atoms in total. The summed E-state index contributed by atoms with van der Waals surface area (Å²) < 4.78 is 5.33. The fraction of sp³-hybridized carbons (Fsp3) is 0.667. The Morgan fingerprint density at radius 2 is 2.24 bits per heavy atom. The number of nitrogens with one attached hydrogen (secondary N) is 3. The zero-order valence-corrected chi connectivity index (χ0v) is 9.40. The van der Waals surface area contributed by atoms with Crippen molar-refractivity contribution in [3.8, 4) is 0 Å². The van der Waals surface area contributed by atoms with Gasteiger partial charge in [0.15, 0.2) is 0 Å². The third-order valence-corrected chi connectivity index (χ3v) is 2.29. The number of hydrogen-bond acceptors (Lipinski definition) is 6. The molecule has 1 aliphatic carbocycles. The second-order valence-corrected chi connectivity index (χ2v) is 3.87. The van der Waals surface area contributed by atoms with Crippen molar-refractivity contribution in [1.29, 1.82) is 0 Å². The van der Waals surface area contributed by atoms with Gasteiger partial charge in [-0.05, 0) is 12.8 Å². The molecule has 0 aliphatic heterocycles. The molecule has 0 bridgehead atoms. The van der Waals surface area contributed by atoms with Gasteiger partial charge in [-0.15, -0.1) is 5.10 Å². The quantitative estimate of drug-likeness (QED) is 0.473. The molecule has 1 heterocycles. The molecule has 0 radical (unpaired) electrons. The third-order valence-electron chi connectivity index (χ3n) is 2.29. The van der Waals surface area contributed by atoms with Gasteiger partial charge < -0.3 is 26.1 Å². The monoisotopic (exact) mass is 240 g/mol. The van der Waals surface area contributed by atoms with E-state index in [0.717, 1.165) is 0 Å². The smallest absolute Gasteiger partial charge is 0.315 e. The fourth-order valence-corrected chi connectivity index (χ4v) is 1.27. The molecule has 1 aromatic rings. The van der Waals surface area contributed by atoms with E-state index in [9.17, 15) is 4.79 Å². The molecule has 0 aromatic carbocycles. The Labute approximate surface area is 98.3 Å². The van der Waals surface area contributed by atoms with Crippen LogP contribution in [0.3, 0.4) is 0 Å². The molecule has 1 fully saturated rings. The van der Waals surface area contributed by atoms with Gasteiger partial charge in [0, 0.05) is 19.1 Å². The van der Waals surface area contributed by atoms with Gasteiger partial charge in [0.25, 0.3) is 0 Å². The molecule has 2 rings (SSSR count). The van der Waals surface area contributed by atoms with Crippen LogP contribution < -0.4 is 21.7 Å². The van der Waals surface area contributed by atoms with Crippen LogP contribution >= 0.6 is 0 Å². The average Bonchev–Trinajstić information content (AvgIpc) is 3.01. The molecule has 94 valence electrons. The summed E-state index contributed by atoms with van der Waals surface area (Å²) in [6.45, 7) is 1.49. The molecule has 1 saturated carbocycles. The molecular weight excluding hydrogens is 224 g/mol. The predicted molar refractivity (Wildman–Crippen MR) is 60.2 cm³/mol. The lowest BCUT2D eigenvalue weighted by atomic mass is 10.6. The summed E-state index contributed by atoms with van der Waals surface area (Å²) in [4.78, 5) is 10.4. The number of nitrogens with zero attached hydrogens (tertiary/aromatic N) is 2. The molecule has 0 atom stereocenters. The zero-order chi connectivity index (χ0) is 12.1. The lowest BCUT2D eigenvalue weighted by molar-refractivity contribution is 0.249. The normalized spacial score (nSPS) is 14.6. The van der Waals surface area contributed by atoms with Crippen LogP contribution in [0.2, 0.25) is 0 Å². The Bertz CT molecular complexity index is 375. The van der Waals surface area contributed by atoms with Crippen molar-refractivity contribution in [3.05, 3.63) is 5.89 Å². The maximum absolute atomic E-state index is 10.4. The standard InChI is InChI=1S/C9H16N6O2/c10-8(16)11-3-4-12-9-15-14-7(17-9)5-13-6-1-2-6/h6,13H,1-5H2,(H,12,15)(H3,10,11,16). The second-order valence-electron chi connectivity index (χ2n) is 3.87. The summed E-state index contributed by atoms with van der Waals surface area (Å²) in [5, 5.41) is 16.3. The van der Waals surface area contributed by atoms with E-state index >= 15 is 0 Å². The van der Waals surface area contributed by atoms with Crippen molar-refractivity contribution < 1.29 is 9.21 Å². The van der Waals surface area contributed by atoms with Crippen LogP contribution in [-0.4, -0.2) is 35.4 Å². The van der Waals surface area contributed by atoms with E-state index in [1.165, 1.54) is 12.8 Å². The largest absolute Gasteiger partial charge is 0.407 e. The molecule has 0 saturated heterocycles. The Morgan fingerprint density at radius 1 is 1.41 bits per heavy atom. The molecule has 1 aliphatic rings. The lowest BCUT2D eigenvalue weighted by Gasteiger charge is -2.01. The molecule has 8 heteroatoms. The van der Waals surface area contributed by atoms with Crippen LogP contribution in [0.1, 0.15) is 18.7 Å². The van der Waals surface area contributed by atoms with Crippen LogP contribution in [0.25, 0.3) is 0 Å². The second kappa shape index (κ2) is 5.48. The van der Waals surface area contributed by atoms with Crippen molar-refractivity contribution in [3.63, 3.8) is 0 Å². The number of nitrogens with two attached hydrogens (primary N) is 1. The maximum atomic E-state index is 10.4. The highest BCUT2D eigenvalue weighted by atomic mass is 16.4. The van der Waals surface area contributed by atoms with Gasteiger partial charge in [-0.1, -0.05) is 5.10 Å². The van der Waals surface area contributed by atoms with Gasteiger partial charge in [-0.3, -0.25) is 0 Å². The Balaban J connectivity index is 1.64. The first-order chi connectivity index (χ1) is 8.24. The van der Waals surface area contributed by atoms with Crippen LogP contribution in [0.4, 0.5) is 10.8 Å². The molecule has 1 aromatic heterocycles. The maximum Gasteiger partial charge on any atom is 0.315 e. The number of primary amides is 1. The third kappa shape index (κ3) is 4.27. The van der Waals surface area contributed by atoms with Crippen LogP contribution in [0.5, 0.6) is 0 Å². The molecule has 0 spiro atoms. The van der Waals surface area contributed by atoms with E-state index in [0.29, 0.717) is 37.6 Å². The Hall–Kier alpha value is -1.83. The number of urea groups is 1. The first kappa shape index (κ1) is 11.6. The SMILES string of the molecule is NC(=O)NCCNc1nnc(CNC2CC2)o1. The number of anilines is 1. The van der Waals surface area contributed by atoms with Crippen LogP contribution in [-0.2, 0) is 6.54 Å². The summed E-state index contributed by atoms with van der Waals surface area (Å²) in [6.07, 6.45) is 2.44. The summed E-state index contributed by atoms with van der Waals surface area (Å²) in [6, 6.07) is 0.411. The van der Waals surface area contributed by atoms with Crippen LogP contribution in [0.15, 0.2) is 4.42 Å². The first-order valence-corrected chi connectivity index (χ1v) is 5.57. The van der Waals surface area contributed by atoms with E-state index < -0.39 is 6.03 Å². The number of rotatable bonds is 7. The van der Waals surface area contributed by atoms with Gasteiger partial charge in [-0.25, -0.2) is 4.79 Å². The van der Waals surface area contributed by atoms with Crippen molar-refractivity contribution in [2.75, 3.05) is 18.4 Å². The van der Waals surface area contributed by atoms with E-state index in [2.05, 4.69) is 26.1 Å². The van der Waals surface area contributed by atoms with E-state index in [1.54, 1.807) is 0 Å². The molecular formula is C9H16N6O2. The van der Waals surface area contributed by atoms with Gasteiger partial charge in [0.1, 0.15) is 0 Å². The van der Waals surface area contributed by atoms with E-state index in [1.807, 2.05) is 0 Å². The van der Waals surface area contributed by atoms with Crippen molar-refractivity contribution in [2.45, 2.75) is 25.4 Å². The molecule has 17 heavy (non-hydrogen) atoms. The summed E-state index contributed by atoms with van der Waals surface area (Å²) in [5.41, 5.74) is 4.91. The predicted octanol–water partition coefficient (Wildman–Crippen LogP) is -0.598. The minimum Gasteiger partial charge on any atom is -0.407 e. The minimum absolute atomic E-state index is 0.351. The number of hydrogen-bond donors (Lipinski definition) is 4. The highest BCUT2D eigenvalue weighted by Gasteiger charge is 2.21. The molecule has 0 unspecified atom stereocenters. The number of carbonyl (C=O) groups is 1. The Kier molecular flexibility index (Phi) is 3.76. The van der Waals surface area contributed by atoms with Gasteiger partial charge >= 0.3 is 12.0 Å². The summed E-state index contributed by atoms with van der Waals surface area (Å²) in [7, 11) is 0. The topological polar surface area (TPSA) is 118 Å². The minimum atomic E-state index is -0.549. The zero-order valence-electron chi connectivity index (χ0n) is 9.40. The fourth-order valence-electron chi connectivity index (χ4n) is 1.27. The van der Waals surface area contributed by atoms with Gasteiger partial charge in [0.05, 0.1) is 6.54 Å². The Morgan fingerprint density at radius 3 is 2.94 bits per heavy atom. The summed E-state index contributed by atoms with van der Waals surface area (Å²) in [5.74, 6) is 0.558. The number of amides is 2.